The second-order valence-corrected chi connectivity index (χ2v) is 6.53. The number of hydrogen-bond acceptors (Lipinski definition) is 3. The highest BCUT2D eigenvalue weighted by Gasteiger charge is 2.37. The summed E-state index contributed by atoms with van der Waals surface area (Å²) in [6.07, 6.45) is 2.61. The van der Waals surface area contributed by atoms with Crippen LogP contribution in [-0.4, -0.2) is 18.4 Å². The van der Waals surface area contributed by atoms with Crippen LogP contribution in [-0.2, 0) is 19.7 Å². The minimum atomic E-state index is -0.270. The van der Waals surface area contributed by atoms with E-state index in [2.05, 4.69) is 34.1 Å². The summed E-state index contributed by atoms with van der Waals surface area (Å²) in [7, 11) is 0. The molecule has 20 heavy (non-hydrogen) atoms. The zero-order valence-corrected chi connectivity index (χ0v) is 13.5. The molecular formula is C16H19BrO3. The van der Waals surface area contributed by atoms with Crippen molar-refractivity contribution in [1.29, 1.82) is 0 Å². The average Bonchev–Trinajstić information content (AvgIpc) is 2.37. The molecule has 0 aromatic heterocycles. The molecule has 0 heterocycles. The Morgan fingerprint density at radius 1 is 1.30 bits per heavy atom. The first-order chi connectivity index (χ1) is 9.41. The molecule has 0 bridgehead atoms. The Bertz CT molecular complexity index is 506. The molecule has 4 heteroatoms. The molecule has 2 rings (SSSR count). The predicted molar refractivity (Wildman–Crippen MR) is 80.7 cm³/mol. The molecule has 0 radical (unpaired) electrons. The first kappa shape index (κ1) is 15.2. The number of ketones is 1. The van der Waals surface area contributed by atoms with Gasteiger partial charge in [-0.2, -0.15) is 0 Å². The maximum atomic E-state index is 11.5. The fourth-order valence-electron chi connectivity index (χ4n) is 2.81. The molecular weight excluding hydrogens is 320 g/mol. The largest absolute Gasteiger partial charge is 0.465 e. The standard InChI is InChI=1S/C16H19BrO3/c1-11-7-13(9-14(17)8-11)16(10-20-12(2)18)5-3-15(19)4-6-16/h7-9H,3-6,10H2,1-2H3. The summed E-state index contributed by atoms with van der Waals surface area (Å²) in [6.45, 7) is 3.82. The Balaban J connectivity index is 2.34. The van der Waals surface area contributed by atoms with E-state index in [1.165, 1.54) is 6.92 Å². The van der Waals surface area contributed by atoms with Gasteiger partial charge in [0.1, 0.15) is 12.4 Å². The fourth-order valence-corrected chi connectivity index (χ4v) is 3.41. The Labute approximate surface area is 127 Å². The van der Waals surface area contributed by atoms with Gasteiger partial charge in [0.25, 0.3) is 0 Å². The van der Waals surface area contributed by atoms with Gasteiger partial charge in [-0.25, -0.2) is 0 Å². The predicted octanol–water partition coefficient (Wildman–Crippen LogP) is 3.70. The van der Waals surface area contributed by atoms with Crippen molar-refractivity contribution in [3.05, 3.63) is 33.8 Å². The number of aryl methyl sites for hydroxylation is 1. The molecule has 1 aliphatic rings. The SMILES string of the molecule is CC(=O)OCC1(c2cc(C)cc(Br)c2)CCC(=O)CC1. The van der Waals surface area contributed by atoms with Crippen LogP contribution in [0, 0.1) is 6.92 Å². The van der Waals surface area contributed by atoms with Gasteiger partial charge in [-0.3, -0.25) is 9.59 Å². The number of halogens is 1. The van der Waals surface area contributed by atoms with Crippen molar-refractivity contribution in [1.82, 2.24) is 0 Å². The lowest BCUT2D eigenvalue weighted by Gasteiger charge is -2.37. The lowest BCUT2D eigenvalue weighted by molar-refractivity contribution is -0.143. The highest BCUT2D eigenvalue weighted by Crippen LogP contribution is 2.40. The molecule has 0 atom stereocenters. The van der Waals surface area contributed by atoms with E-state index < -0.39 is 0 Å². The van der Waals surface area contributed by atoms with Crippen molar-refractivity contribution >= 4 is 27.7 Å². The van der Waals surface area contributed by atoms with Gasteiger partial charge in [0.15, 0.2) is 0 Å². The highest BCUT2D eigenvalue weighted by atomic mass is 79.9. The van der Waals surface area contributed by atoms with Crippen LogP contribution in [0.4, 0.5) is 0 Å². The van der Waals surface area contributed by atoms with Crippen molar-refractivity contribution in [3.63, 3.8) is 0 Å². The van der Waals surface area contributed by atoms with E-state index in [1.807, 2.05) is 6.92 Å². The molecule has 1 aromatic rings. The molecule has 0 spiro atoms. The minimum Gasteiger partial charge on any atom is -0.465 e. The van der Waals surface area contributed by atoms with E-state index in [1.54, 1.807) is 0 Å². The van der Waals surface area contributed by atoms with Gasteiger partial charge < -0.3 is 4.74 Å². The van der Waals surface area contributed by atoms with Crippen LogP contribution in [0.2, 0.25) is 0 Å². The van der Waals surface area contributed by atoms with Gasteiger partial charge >= 0.3 is 5.97 Å². The van der Waals surface area contributed by atoms with E-state index in [0.29, 0.717) is 25.2 Å². The van der Waals surface area contributed by atoms with Crippen molar-refractivity contribution in [2.75, 3.05) is 6.61 Å². The topological polar surface area (TPSA) is 43.4 Å². The summed E-state index contributed by atoms with van der Waals surface area (Å²) < 4.78 is 6.31. The summed E-state index contributed by atoms with van der Waals surface area (Å²) in [4.78, 5) is 22.7. The summed E-state index contributed by atoms with van der Waals surface area (Å²) in [5.74, 6) is 0.0307. The molecule has 1 aliphatic carbocycles. The van der Waals surface area contributed by atoms with Crippen molar-refractivity contribution in [2.45, 2.75) is 44.9 Å². The molecule has 0 amide bonds. The van der Waals surface area contributed by atoms with Crippen molar-refractivity contribution < 1.29 is 14.3 Å². The lowest BCUT2D eigenvalue weighted by Crippen LogP contribution is -2.37. The molecule has 1 aromatic carbocycles. The average molecular weight is 339 g/mol. The van der Waals surface area contributed by atoms with Crippen LogP contribution in [0.1, 0.15) is 43.7 Å². The quantitative estimate of drug-likeness (QED) is 0.789. The normalized spacial score (nSPS) is 17.9. The fraction of sp³-hybridized carbons (Fsp3) is 0.500. The number of Topliss-reactive ketones (excluding diaryl/α,β-unsaturated/α-hetero) is 1. The number of benzene rings is 1. The molecule has 1 fully saturated rings. The Morgan fingerprint density at radius 3 is 2.50 bits per heavy atom. The maximum Gasteiger partial charge on any atom is 0.302 e. The second kappa shape index (κ2) is 6.08. The summed E-state index contributed by atoms with van der Waals surface area (Å²) in [5, 5.41) is 0. The maximum absolute atomic E-state index is 11.5. The van der Waals surface area contributed by atoms with E-state index in [-0.39, 0.29) is 11.4 Å². The number of esters is 1. The number of rotatable bonds is 3. The van der Waals surface area contributed by atoms with Gasteiger partial charge in [-0.1, -0.05) is 22.0 Å². The Kier molecular flexibility index (Phi) is 4.63. The lowest BCUT2D eigenvalue weighted by atomic mass is 9.69. The molecule has 0 aliphatic heterocycles. The first-order valence-electron chi connectivity index (χ1n) is 6.84. The van der Waals surface area contributed by atoms with Crippen LogP contribution in [0.3, 0.4) is 0 Å². The van der Waals surface area contributed by atoms with Crippen LogP contribution in [0.15, 0.2) is 22.7 Å². The summed E-state index contributed by atoms with van der Waals surface area (Å²) in [5.41, 5.74) is 2.08. The van der Waals surface area contributed by atoms with Gasteiger partial charge in [0, 0.05) is 29.7 Å². The Morgan fingerprint density at radius 2 is 1.95 bits per heavy atom. The van der Waals surface area contributed by atoms with E-state index in [9.17, 15) is 9.59 Å². The molecule has 0 saturated heterocycles. The first-order valence-corrected chi connectivity index (χ1v) is 7.63. The zero-order valence-electron chi connectivity index (χ0n) is 11.9. The van der Waals surface area contributed by atoms with Crippen molar-refractivity contribution in [2.24, 2.45) is 0 Å². The number of ether oxygens (including phenoxy) is 1. The molecule has 3 nitrogen and oxygen atoms in total. The van der Waals surface area contributed by atoms with Crippen LogP contribution < -0.4 is 0 Å². The third-order valence-electron chi connectivity index (χ3n) is 3.97. The van der Waals surface area contributed by atoms with Gasteiger partial charge in [0.05, 0.1) is 0 Å². The summed E-state index contributed by atoms with van der Waals surface area (Å²) in [6, 6.07) is 6.26. The number of carbonyl (C=O) groups excluding carboxylic acids is 2. The van der Waals surface area contributed by atoms with E-state index in [4.69, 9.17) is 4.74 Å². The minimum absolute atomic E-state index is 0.228. The third-order valence-corrected chi connectivity index (χ3v) is 4.43. The van der Waals surface area contributed by atoms with Crippen molar-refractivity contribution in [3.8, 4) is 0 Å². The molecule has 1 saturated carbocycles. The van der Waals surface area contributed by atoms with Crippen LogP contribution in [0.25, 0.3) is 0 Å². The highest BCUT2D eigenvalue weighted by molar-refractivity contribution is 9.10. The smallest absolute Gasteiger partial charge is 0.302 e. The molecule has 0 N–H and O–H groups in total. The van der Waals surface area contributed by atoms with Gasteiger partial charge in [0.2, 0.25) is 0 Å². The number of hydrogen-bond donors (Lipinski definition) is 0. The second-order valence-electron chi connectivity index (χ2n) is 5.62. The van der Waals surface area contributed by atoms with Crippen LogP contribution >= 0.6 is 15.9 Å². The monoisotopic (exact) mass is 338 g/mol. The van der Waals surface area contributed by atoms with Gasteiger partial charge in [-0.15, -0.1) is 0 Å². The third kappa shape index (κ3) is 3.48. The Hall–Kier alpha value is -1.16. The number of carbonyl (C=O) groups is 2. The molecule has 0 unspecified atom stereocenters. The van der Waals surface area contributed by atoms with E-state index in [0.717, 1.165) is 28.4 Å². The zero-order chi connectivity index (χ0) is 14.8. The van der Waals surface area contributed by atoms with Crippen LogP contribution in [0.5, 0.6) is 0 Å². The molecule has 108 valence electrons. The summed E-state index contributed by atoms with van der Waals surface area (Å²) >= 11 is 3.52. The van der Waals surface area contributed by atoms with Gasteiger partial charge in [-0.05, 0) is 43.0 Å². The van der Waals surface area contributed by atoms with E-state index >= 15 is 0 Å².